The van der Waals surface area contributed by atoms with E-state index in [-0.39, 0.29) is 6.04 Å². The molecule has 0 aromatic heterocycles. The lowest BCUT2D eigenvalue weighted by atomic mass is 10.0. The van der Waals surface area contributed by atoms with Crippen LogP contribution in [0, 0.1) is 5.92 Å². The van der Waals surface area contributed by atoms with Crippen LogP contribution in [0.5, 0.6) is 5.75 Å². The Labute approximate surface area is 143 Å². The summed E-state index contributed by atoms with van der Waals surface area (Å²) in [6.07, 6.45) is 3.70. The average molecular weight is 343 g/mol. The molecule has 126 valence electrons. The van der Waals surface area contributed by atoms with Crippen LogP contribution in [-0.2, 0) is 10.0 Å². The van der Waals surface area contributed by atoms with Crippen LogP contribution < -0.4 is 9.46 Å². The van der Waals surface area contributed by atoms with E-state index in [1.54, 1.807) is 13.2 Å². The minimum absolute atomic E-state index is 0.193. The van der Waals surface area contributed by atoms with Gasteiger partial charge in [0.15, 0.2) is 0 Å². The molecule has 5 heteroatoms. The summed E-state index contributed by atoms with van der Waals surface area (Å²) >= 11 is 0. The predicted octanol–water partition coefficient (Wildman–Crippen LogP) is 3.74. The van der Waals surface area contributed by atoms with Crippen LogP contribution in [0.15, 0.2) is 60.0 Å². The third-order valence-electron chi connectivity index (χ3n) is 4.10. The van der Waals surface area contributed by atoms with Gasteiger partial charge in [-0.05, 0) is 48.1 Å². The molecule has 2 aromatic carbocycles. The molecule has 1 unspecified atom stereocenters. The number of methoxy groups -OCH3 is 1. The van der Waals surface area contributed by atoms with Gasteiger partial charge in [-0.2, -0.15) is 0 Å². The van der Waals surface area contributed by atoms with Gasteiger partial charge in [-0.3, -0.25) is 0 Å². The second kappa shape index (κ2) is 7.20. The van der Waals surface area contributed by atoms with Crippen LogP contribution in [0.2, 0.25) is 0 Å². The lowest BCUT2D eigenvalue weighted by Crippen LogP contribution is -2.28. The highest BCUT2D eigenvalue weighted by Crippen LogP contribution is 2.41. The quantitative estimate of drug-likeness (QED) is 0.833. The van der Waals surface area contributed by atoms with Gasteiger partial charge >= 0.3 is 0 Å². The Morgan fingerprint density at radius 3 is 2.33 bits per heavy atom. The molecule has 2 aromatic rings. The Bertz CT molecular complexity index is 794. The topological polar surface area (TPSA) is 55.4 Å². The molecule has 0 spiro atoms. The van der Waals surface area contributed by atoms with E-state index in [9.17, 15) is 8.42 Å². The number of benzene rings is 2. The Morgan fingerprint density at radius 2 is 1.75 bits per heavy atom. The van der Waals surface area contributed by atoms with Gasteiger partial charge in [0.25, 0.3) is 0 Å². The minimum atomic E-state index is -3.51. The number of sulfonamides is 1. The molecule has 1 atom stereocenters. The molecule has 1 aliphatic rings. The molecule has 0 heterocycles. The van der Waals surface area contributed by atoms with E-state index in [4.69, 9.17) is 4.74 Å². The normalized spacial score (nSPS) is 16.2. The van der Waals surface area contributed by atoms with Crippen molar-refractivity contribution in [3.63, 3.8) is 0 Å². The highest BCUT2D eigenvalue weighted by molar-refractivity contribution is 7.92. The third kappa shape index (κ3) is 4.46. The SMILES string of the molecule is COc1ccc(C(NS(=O)(=O)/C=C/c2ccccc2)C2CC2)cc1. The van der Waals surface area contributed by atoms with Gasteiger partial charge in [0.1, 0.15) is 5.75 Å². The standard InChI is InChI=1S/C19H21NO3S/c1-23-18-11-9-17(10-12-18)19(16-7-8-16)20-24(21,22)14-13-15-5-3-2-4-6-15/h2-6,9-14,16,19-20H,7-8H2,1H3/b14-13+. The van der Waals surface area contributed by atoms with Gasteiger partial charge < -0.3 is 4.74 Å². The number of nitrogens with one attached hydrogen (secondary N) is 1. The van der Waals surface area contributed by atoms with Gasteiger partial charge in [-0.1, -0.05) is 42.5 Å². The van der Waals surface area contributed by atoms with Crippen LogP contribution in [0.4, 0.5) is 0 Å². The first kappa shape index (κ1) is 16.7. The molecule has 1 aliphatic carbocycles. The predicted molar refractivity (Wildman–Crippen MR) is 96.0 cm³/mol. The van der Waals surface area contributed by atoms with Gasteiger partial charge in [-0.15, -0.1) is 0 Å². The van der Waals surface area contributed by atoms with Gasteiger partial charge in [0.2, 0.25) is 10.0 Å². The summed E-state index contributed by atoms with van der Waals surface area (Å²) in [5.41, 5.74) is 1.82. The van der Waals surface area contributed by atoms with E-state index < -0.39 is 10.0 Å². The summed E-state index contributed by atoms with van der Waals surface area (Å²) < 4.78 is 32.8. The number of ether oxygens (including phenoxy) is 1. The first-order valence-corrected chi connectivity index (χ1v) is 9.51. The van der Waals surface area contributed by atoms with Crippen LogP contribution in [-0.4, -0.2) is 15.5 Å². The summed E-state index contributed by atoms with van der Waals surface area (Å²) in [5, 5.41) is 1.24. The minimum Gasteiger partial charge on any atom is -0.497 e. The molecule has 0 radical (unpaired) electrons. The summed E-state index contributed by atoms with van der Waals surface area (Å²) in [6, 6.07) is 16.8. The summed E-state index contributed by atoms with van der Waals surface area (Å²) in [7, 11) is -1.89. The molecule has 0 bridgehead atoms. The van der Waals surface area contributed by atoms with E-state index in [1.807, 2.05) is 54.6 Å². The fraction of sp³-hybridized carbons (Fsp3) is 0.263. The van der Waals surface area contributed by atoms with E-state index >= 15 is 0 Å². The summed E-state index contributed by atoms with van der Waals surface area (Å²) in [4.78, 5) is 0. The zero-order valence-electron chi connectivity index (χ0n) is 13.6. The van der Waals surface area contributed by atoms with Crippen molar-refractivity contribution in [1.82, 2.24) is 4.72 Å². The zero-order chi connectivity index (χ0) is 17.0. The number of hydrogen-bond donors (Lipinski definition) is 1. The lowest BCUT2D eigenvalue weighted by Gasteiger charge is -2.18. The van der Waals surface area contributed by atoms with Crippen molar-refractivity contribution in [3.8, 4) is 5.75 Å². The maximum atomic E-state index is 12.4. The zero-order valence-corrected chi connectivity index (χ0v) is 14.4. The van der Waals surface area contributed by atoms with Crippen molar-refractivity contribution in [2.75, 3.05) is 7.11 Å². The fourth-order valence-corrected chi connectivity index (χ4v) is 3.72. The molecule has 0 aliphatic heterocycles. The van der Waals surface area contributed by atoms with E-state index in [2.05, 4.69) is 4.72 Å². The summed E-state index contributed by atoms with van der Waals surface area (Å²) in [6.45, 7) is 0. The highest BCUT2D eigenvalue weighted by Gasteiger charge is 2.34. The van der Waals surface area contributed by atoms with E-state index in [0.29, 0.717) is 5.92 Å². The third-order valence-corrected chi connectivity index (χ3v) is 5.18. The van der Waals surface area contributed by atoms with Gasteiger partial charge in [0.05, 0.1) is 7.11 Å². The van der Waals surface area contributed by atoms with Crippen molar-refractivity contribution in [2.24, 2.45) is 5.92 Å². The maximum absolute atomic E-state index is 12.4. The molecular formula is C19H21NO3S. The molecule has 1 saturated carbocycles. The maximum Gasteiger partial charge on any atom is 0.234 e. The molecule has 4 nitrogen and oxygen atoms in total. The Kier molecular flexibility index (Phi) is 5.02. The Morgan fingerprint density at radius 1 is 1.08 bits per heavy atom. The Hall–Kier alpha value is -2.11. The molecular weight excluding hydrogens is 322 g/mol. The van der Waals surface area contributed by atoms with Crippen molar-refractivity contribution in [1.29, 1.82) is 0 Å². The first-order valence-electron chi connectivity index (χ1n) is 7.97. The average Bonchev–Trinajstić information content (AvgIpc) is 3.44. The monoisotopic (exact) mass is 343 g/mol. The largest absolute Gasteiger partial charge is 0.497 e. The molecule has 3 rings (SSSR count). The smallest absolute Gasteiger partial charge is 0.234 e. The molecule has 0 amide bonds. The lowest BCUT2D eigenvalue weighted by molar-refractivity contribution is 0.414. The van der Waals surface area contributed by atoms with Crippen molar-refractivity contribution in [2.45, 2.75) is 18.9 Å². The van der Waals surface area contributed by atoms with Gasteiger partial charge in [0, 0.05) is 11.4 Å². The van der Waals surface area contributed by atoms with Crippen LogP contribution in [0.1, 0.15) is 30.0 Å². The second-order valence-electron chi connectivity index (χ2n) is 5.96. The number of hydrogen-bond acceptors (Lipinski definition) is 3. The van der Waals surface area contributed by atoms with Gasteiger partial charge in [-0.25, -0.2) is 13.1 Å². The van der Waals surface area contributed by atoms with E-state index in [1.165, 1.54) is 5.41 Å². The van der Waals surface area contributed by atoms with Crippen molar-refractivity contribution >= 4 is 16.1 Å². The summed E-state index contributed by atoms with van der Waals surface area (Å²) in [5.74, 6) is 1.12. The molecule has 1 N–H and O–H groups in total. The van der Waals surface area contributed by atoms with E-state index in [0.717, 1.165) is 29.7 Å². The van der Waals surface area contributed by atoms with Crippen LogP contribution in [0.3, 0.4) is 0 Å². The molecule has 0 saturated heterocycles. The Balaban J connectivity index is 1.76. The molecule has 24 heavy (non-hydrogen) atoms. The second-order valence-corrected chi connectivity index (χ2v) is 7.56. The fourth-order valence-electron chi connectivity index (χ4n) is 2.63. The van der Waals surface area contributed by atoms with Crippen LogP contribution >= 0.6 is 0 Å². The highest BCUT2D eigenvalue weighted by atomic mass is 32.2. The van der Waals surface area contributed by atoms with Crippen molar-refractivity contribution in [3.05, 3.63) is 71.1 Å². The van der Waals surface area contributed by atoms with Crippen LogP contribution in [0.25, 0.3) is 6.08 Å². The first-order chi connectivity index (χ1) is 11.6. The molecule has 1 fully saturated rings. The number of rotatable bonds is 7. The van der Waals surface area contributed by atoms with Crippen molar-refractivity contribution < 1.29 is 13.2 Å².